The number of piperidine rings is 1. The fraction of sp³-hybridized carbons (Fsp3) is 0.481. The number of likely N-dealkylation sites (tertiary alicyclic amines) is 1. The molecule has 1 saturated carbocycles. The first-order chi connectivity index (χ1) is 18.4. The van der Waals surface area contributed by atoms with Crippen molar-refractivity contribution in [2.45, 2.75) is 38.3 Å². The zero-order valence-corrected chi connectivity index (χ0v) is 21.8. The van der Waals surface area contributed by atoms with E-state index in [1.165, 1.54) is 26.3 Å². The van der Waals surface area contributed by atoms with E-state index in [0.717, 1.165) is 5.56 Å². The Morgan fingerprint density at radius 2 is 2.03 bits per heavy atom. The van der Waals surface area contributed by atoms with Gasteiger partial charge in [-0.25, -0.2) is 9.97 Å². The molecule has 0 bridgehead atoms. The predicted octanol–water partition coefficient (Wildman–Crippen LogP) is 2.07. The van der Waals surface area contributed by atoms with E-state index >= 15 is 0 Å². The minimum Gasteiger partial charge on any atom is -0.497 e. The second-order valence-corrected chi connectivity index (χ2v) is 9.90. The van der Waals surface area contributed by atoms with Crippen LogP contribution in [0.5, 0.6) is 11.5 Å². The number of hydrogen-bond acceptors (Lipinski definition) is 8. The summed E-state index contributed by atoms with van der Waals surface area (Å²) in [5.41, 5.74) is 3.45. The van der Waals surface area contributed by atoms with Gasteiger partial charge in [0, 0.05) is 31.5 Å². The normalized spacial score (nSPS) is 19.4. The lowest BCUT2D eigenvalue weighted by atomic mass is 10.0. The number of carbonyl (C=O) groups excluding carboxylic acids is 2. The second-order valence-electron chi connectivity index (χ2n) is 9.90. The zero-order chi connectivity index (χ0) is 26.8. The zero-order valence-electron chi connectivity index (χ0n) is 21.8. The lowest BCUT2D eigenvalue weighted by molar-refractivity contribution is -0.138. The number of aliphatic hydroxyl groups is 1. The van der Waals surface area contributed by atoms with Crippen LogP contribution in [0.3, 0.4) is 0 Å². The summed E-state index contributed by atoms with van der Waals surface area (Å²) >= 11 is 0. The summed E-state index contributed by atoms with van der Waals surface area (Å²) in [6, 6.07) is 5.09. The molecule has 1 unspecified atom stereocenters. The third kappa shape index (κ3) is 5.30. The molecule has 0 spiro atoms. The summed E-state index contributed by atoms with van der Waals surface area (Å²) < 4.78 is 16.5. The van der Waals surface area contributed by atoms with Gasteiger partial charge in [0.25, 0.3) is 5.91 Å². The van der Waals surface area contributed by atoms with Gasteiger partial charge >= 0.3 is 0 Å². The maximum Gasteiger partial charge on any atom is 0.255 e. The Hall–Kier alpha value is -3.70. The molecule has 3 N–H and O–H groups in total. The number of aliphatic hydroxyl groups excluding tert-OH is 1. The van der Waals surface area contributed by atoms with Crippen LogP contribution in [0.2, 0.25) is 0 Å². The third-order valence-electron chi connectivity index (χ3n) is 7.13. The monoisotopic (exact) mass is 523 g/mol. The average molecular weight is 524 g/mol. The van der Waals surface area contributed by atoms with Gasteiger partial charge in [0.05, 0.1) is 36.9 Å². The number of benzene rings is 1. The lowest BCUT2D eigenvalue weighted by Gasteiger charge is -2.36. The number of H-pyrrole nitrogens is 1. The van der Waals surface area contributed by atoms with Gasteiger partial charge < -0.3 is 34.5 Å². The molecule has 11 heteroatoms. The van der Waals surface area contributed by atoms with Gasteiger partial charge in [-0.15, -0.1) is 0 Å². The number of amides is 2. The number of aromatic amines is 1. The van der Waals surface area contributed by atoms with Crippen LogP contribution in [0.25, 0.3) is 22.3 Å². The van der Waals surface area contributed by atoms with Crippen LogP contribution < -0.4 is 14.8 Å². The van der Waals surface area contributed by atoms with E-state index in [9.17, 15) is 14.7 Å². The largest absolute Gasteiger partial charge is 0.497 e. The Morgan fingerprint density at radius 3 is 2.74 bits per heavy atom. The van der Waals surface area contributed by atoms with Gasteiger partial charge in [0.15, 0.2) is 0 Å². The summed E-state index contributed by atoms with van der Waals surface area (Å²) in [5.74, 6) is 1.39. The predicted molar refractivity (Wildman–Crippen MR) is 139 cm³/mol. The molecule has 1 aliphatic heterocycles. The number of hydrogen-bond donors (Lipinski definition) is 3. The van der Waals surface area contributed by atoms with E-state index in [1.54, 1.807) is 18.9 Å². The fourth-order valence-corrected chi connectivity index (χ4v) is 4.82. The van der Waals surface area contributed by atoms with Crippen molar-refractivity contribution >= 4 is 22.8 Å². The molecule has 38 heavy (non-hydrogen) atoms. The van der Waals surface area contributed by atoms with Crippen molar-refractivity contribution in [3.8, 4) is 22.8 Å². The highest BCUT2D eigenvalue weighted by Gasteiger charge is 2.32. The number of methoxy groups -OCH3 is 2. The van der Waals surface area contributed by atoms with Crippen LogP contribution in [0.15, 0.2) is 24.5 Å². The average Bonchev–Trinajstić information content (AvgIpc) is 3.68. The van der Waals surface area contributed by atoms with Crippen molar-refractivity contribution in [2.75, 3.05) is 40.5 Å². The lowest BCUT2D eigenvalue weighted by Crippen LogP contribution is -2.55. The highest BCUT2D eigenvalue weighted by atomic mass is 16.5. The molecule has 3 aromatic rings. The molecule has 3 heterocycles. The molecular formula is C27H33N5O6. The van der Waals surface area contributed by atoms with Gasteiger partial charge in [-0.3, -0.25) is 9.59 Å². The minimum absolute atomic E-state index is 0.0407. The molecule has 202 valence electrons. The highest BCUT2D eigenvalue weighted by molar-refractivity contribution is 6.09. The SMILES string of the molecule is COCC(=O)N1CCC(NC(=O)c2c(C)[nH]c3c(-c4cc(OC)ccc4OCC4CC4)ncnc23)[C@H](O)C1. The molecule has 2 aliphatic rings. The van der Waals surface area contributed by atoms with Crippen LogP contribution in [0, 0.1) is 12.8 Å². The molecule has 1 saturated heterocycles. The van der Waals surface area contributed by atoms with Crippen LogP contribution in [-0.4, -0.2) is 89.4 Å². The van der Waals surface area contributed by atoms with Crippen LogP contribution in [-0.2, 0) is 9.53 Å². The van der Waals surface area contributed by atoms with E-state index in [-0.39, 0.29) is 25.0 Å². The Labute approximate surface area is 220 Å². The summed E-state index contributed by atoms with van der Waals surface area (Å²) in [4.78, 5) is 39.3. The summed E-state index contributed by atoms with van der Waals surface area (Å²) in [5, 5.41) is 13.6. The molecule has 2 atom stereocenters. The smallest absolute Gasteiger partial charge is 0.255 e. The molecule has 0 radical (unpaired) electrons. The number of carbonyl (C=O) groups is 2. The molecule has 2 aromatic heterocycles. The Kier molecular flexibility index (Phi) is 7.48. The van der Waals surface area contributed by atoms with E-state index in [1.807, 2.05) is 18.2 Å². The number of fused-ring (bicyclic) bond motifs is 1. The van der Waals surface area contributed by atoms with Crippen molar-refractivity contribution in [3.05, 3.63) is 35.8 Å². The molecule has 2 amide bonds. The van der Waals surface area contributed by atoms with Gasteiger partial charge in [0.2, 0.25) is 5.91 Å². The maximum atomic E-state index is 13.4. The van der Waals surface area contributed by atoms with E-state index in [0.29, 0.717) is 65.0 Å². The Bertz CT molecular complexity index is 1340. The number of nitrogens with one attached hydrogen (secondary N) is 2. The molecule has 5 rings (SSSR count). The number of β-amino-alcohol motifs (C(OH)–C–C–N with tert-alkyl or cyclic N) is 1. The van der Waals surface area contributed by atoms with Gasteiger partial charge in [-0.1, -0.05) is 0 Å². The highest BCUT2D eigenvalue weighted by Crippen LogP contribution is 2.38. The van der Waals surface area contributed by atoms with Crippen molar-refractivity contribution < 1.29 is 28.9 Å². The van der Waals surface area contributed by atoms with Crippen molar-refractivity contribution in [3.63, 3.8) is 0 Å². The van der Waals surface area contributed by atoms with Crippen LogP contribution in [0.1, 0.15) is 35.3 Å². The third-order valence-corrected chi connectivity index (χ3v) is 7.13. The van der Waals surface area contributed by atoms with Crippen molar-refractivity contribution in [1.29, 1.82) is 0 Å². The first-order valence-electron chi connectivity index (χ1n) is 12.8. The summed E-state index contributed by atoms with van der Waals surface area (Å²) in [6.45, 7) is 2.96. The van der Waals surface area contributed by atoms with Gasteiger partial charge in [-0.2, -0.15) is 0 Å². The quantitative estimate of drug-likeness (QED) is 0.387. The Morgan fingerprint density at radius 1 is 1.21 bits per heavy atom. The molecule has 1 aliphatic carbocycles. The summed E-state index contributed by atoms with van der Waals surface area (Å²) in [7, 11) is 3.06. The van der Waals surface area contributed by atoms with Crippen LogP contribution >= 0.6 is 0 Å². The van der Waals surface area contributed by atoms with Crippen LogP contribution in [0.4, 0.5) is 0 Å². The van der Waals surface area contributed by atoms with Gasteiger partial charge in [-0.05, 0) is 50.3 Å². The number of aromatic nitrogens is 3. The van der Waals surface area contributed by atoms with E-state index in [2.05, 4.69) is 20.3 Å². The molecule has 1 aromatic carbocycles. The number of aryl methyl sites for hydroxylation is 1. The second kappa shape index (κ2) is 11.0. The number of rotatable bonds is 9. The van der Waals surface area contributed by atoms with E-state index in [4.69, 9.17) is 14.2 Å². The first kappa shape index (κ1) is 25.9. The summed E-state index contributed by atoms with van der Waals surface area (Å²) in [6.07, 6.45) is 3.31. The number of ether oxygens (including phenoxy) is 3. The molecule has 11 nitrogen and oxygen atoms in total. The van der Waals surface area contributed by atoms with Crippen molar-refractivity contribution in [1.82, 2.24) is 25.2 Å². The van der Waals surface area contributed by atoms with Crippen molar-refractivity contribution in [2.24, 2.45) is 5.92 Å². The minimum atomic E-state index is -0.896. The number of nitrogens with zero attached hydrogens (tertiary/aromatic N) is 3. The first-order valence-corrected chi connectivity index (χ1v) is 12.8. The van der Waals surface area contributed by atoms with Gasteiger partial charge in [0.1, 0.15) is 35.6 Å². The fourth-order valence-electron chi connectivity index (χ4n) is 4.82. The maximum absolute atomic E-state index is 13.4. The topological polar surface area (TPSA) is 139 Å². The standard InChI is InChI=1S/C27H33N5O6/c1-15-23(27(35)31-19-8-9-32(11-20(19)33)22(34)13-36-2)25-26(30-15)24(28-14-29-25)18-10-17(37-3)6-7-21(18)38-12-16-4-5-16/h6-7,10,14,16,19-20,30,33H,4-5,8-9,11-13H2,1-3H3,(H,31,35)/t19?,20-/m1/s1. The Balaban J connectivity index is 1.41. The molecular weight excluding hydrogens is 490 g/mol. The molecule has 2 fully saturated rings. The van der Waals surface area contributed by atoms with E-state index < -0.39 is 12.1 Å².